The molecule has 4 nitrogen and oxygen atoms in total. The third-order valence-corrected chi connectivity index (χ3v) is 3.35. The molecule has 0 aliphatic rings. The number of anilines is 1. The van der Waals surface area contributed by atoms with Gasteiger partial charge in [0.1, 0.15) is 5.82 Å². The van der Waals surface area contributed by atoms with Crippen molar-refractivity contribution >= 4 is 5.82 Å². The molecule has 4 heteroatoms. The van der Waals surface area contributed by atoms with E-state index in [4.69, 9.17) is 11.6 Å². The number of hydrogen-bond acceptors (Lipinski definition) is 4. The first-order valence-electron chi connectivity index (χ1n) is 6.34. The van der Waals surface area contributed by atoms with Crippen LogP contribution in [0.1, 0.15) is 28.3 Å². The Balaban J connectivity index is 2.30. The Morgan fingerprint density at radius 1 is 1.26 bits per heavy atom. The quantitative estimate of drug-likeness (QED) is 0.578. The van der Waals surface area contributed by atoms with E-state index in [2.05, 4.69) is 29.5 Å². The van der Waals surface area contributed by atoms with E-state index in [1.165, 1.54) is 11.1 Å². The van der Waals surface area contributed by atoms with Crippen molar-refractivity contribution in [3.05, 3.63) is 58.8 Å². The van der Waals surface area contributed by atoms with Gasteiger partial charge in [-0.2, -0.15) is 0 Å². The van der Waals surface area contributed by atoms with Crippen LogP contribution in [0.3, 0.4) is 0 Å². The zero-order valence-corrected chi connectivity index (χ0v) is 11.4. The summed E-state index contributed by atoms with van der Waals surface area (Å²) in [6.07, 6.45) is 2.55. The van der Waals surface area contributed by atoms with Gasteiger partial charge in [-0.3, -0.25) is 11.3 Å². The maximum absolute atomic E-state index is 5.95. The van der Waals surface area contributed by atoms with Crippen molar-refractivity contribution in [2.24, 2.45) is 5.84 Å². The van der Waals surface area contributed by atoms with Gasteiger partial charge in [0.2, 0.25) is 0 Å². The lowest BCUT2D eigenvalue weighted by atomic mass is 9.96. The van der Waals surface area contributed by atoms with Gasteiger partial charge in [-0.05, 0) is 43.0 Å². The average Bonchev–Trinajstić information content (AvgIpc) is 2.41. The molecule has 1 atom stereocenters. The molecule has 1 heterocycles. The fraction of sp³-hybridized carbons (Fsp3) is 0.267. The molecule has 19 heavy (non-hydrogen) atoms. The lowest BCUT2D eigenvalue weighted by Gasteiger charge is -2.19. The van der Waals surface area contributed by atoms with E-state index in [1.54, 1.807) is 6.20 Å². The van der Waals surface area contributed by atoms with Crippen molar-refractivity contribution in [1.82, 2.24) is 10.4 Å². The van der Waals surface area contributed by atoms with Crippen LogP contribution >= 0.6 is 0 Å². The summed E-state index contributed by atoms with van der Waals surface area (Å²) < 4.78 is 0. The monoisotopic (exact) mass is 256 g/mol. The number of nitrogen functional groups attached to an aromatic ring is 1. The van der Waals surface area contributed by atoms with E-state index in [-0.39, 0.29) is 6.04 Å². The third-order valence-electron chi connectivity index (χ3n) is 3.35. The highest BCUT2D eigenvalue weighted by Gasteiger charge is 2.15. The molecule has 100 valence electrons. The predicted molar refractivity (Wildman–Crippen MR) is 78.3 cm³/mol. The van der Waals surface area contributed by atoms with Crippen molar-refractivity contribution in [1.29, 1.82) is 0 Å². The molecular weight excluding hydrogens is 236 g/mol. The Labute approximate surface area is 113 Å². The number of aromatic nitrogens is 1. The molecular formula is C15H20N4. The molecule has 0 fully saturated rings. The summed E-state index contributed by atoms with van der Waals surface area (Å²) in [4.78, 5) is 4.19. The molecule has 0 radical (unpaired) electrons. The molecule has 1 unspecified atom stereocenters. The minimum Gasteiger partial charge on any atom is -0.383 e. The number of rotatable bonds is 4. The predicted octanol–water partition coefficient (Wildman–Crippen LogP) is 2.03. The van der Waals surface area contributed by atoms with E-state index >= 15 is 0 Å². The van der Waals surface area contributed by atoms with Crippen LogP contribution in [0.15, 0.2) is 36.5 Å². The van der Waals surface area contributed by atoms with Crippen LogP contribution in [0, 0.1) is 13.8 Å². The molecule has 0 aliphatic carbocycles. The molecule has 0 bridgehead atoms. The van der Waals surface area contributed by atoms with E-state index in [0.29, 0.717) is 5.82 Å². The summed E-state index contributed by atoms with van der Waals surface area (Å²) >= 11 is 0. The average molecular weight is 256 g/mol. The first-order chi connectivity index (χ1) is 9.11. The van der Waals surface area contributed by atoms with Gasteiger partial charge in [-0.15, -0.1) is 0 Å². The number of nitrogens with zero attached hydrogens (tertiary/aromatic N) is 1. The second kappa shape index (κ2) is 5.82. The molecule has 2 aromatic rings. The number of nitrogens with one attached hydrogen (secondary N) is 1. The van der Waals surface area contributed by atoms with Crippen molar-refractivity contribution in [3.8, 4) is 0 Å². The van der Waals surface area contributed by atoms with Gasteiger partial charge in [-0.1, -0.05) is 24.3 Å². The molecule has 0 saturated heterocycles. The van der Waals surface area contributed by atoms with Crippen molar-refractivity contribution in [3.63, 3.8) is 0 Å². The lowest BCUT2D eigenvalue weighted by Crippen LogP contribution is -2.30. The van der Waals surface area contributed by atoms with Gasteiger partial charge in [-0.25, -0.2) is 4.98 Å². The molecule has 1 aromatic carbocycles. The number of hydrogen-bond donors (Lipinski definition) is 3. The maximum atomic E-state index is 5.95. The lowest BCUT2D eigenvalue weighted by molar-refractivity contribution is 0.550. The Morgan fingerprint density at radius 3 is 2.68 bits per heavy atom. The molecule has 0 spiro atoms. The van der Waals surface area contributed by atoms with E-state index in [0.717, 1.165) is 17.5 Å². The van der Waals surface area contributed by atoms with Crippen molar-refractivity contribution < 1.29 is 0 Å². The Kier molecular flexibility index (Phi) is 4.14. The van der Waals surface area contributed by atoms with E-state index < -0.39 is 0 Å². The highest BCUT2D eigenvalue weighted by Crippen LogP contribution is 2.24. The van der Waals surface area contributed by atoms with E-state index in [1.807, 2.05) is 25.1 Å². The molecule has 0 saturated carbocycles. The number of aryl methyl sites for hydroxylation is 2. The molecule has 0 amide bonds. The van der Waals surface area contributed by atoms with Gasteiger partial charge >= 0.3 is 0 Å². The van der Waals surface area contributed by atoms with E-state index in [9.17, 15) is 0 Å². The summed E-state index contributed by atoms with van der Waals surface area (Å²) in [5.74, 6) is 6.22. The second-order valence-corrected chi connectivity index (χ2v) is 4.84. The Morgan fingerprint density at radius 2 is 2.00 bits per heavy atom. The maximum Gasteiger partial charge on any atom is 0.128 e. The summed E-state index contributed by atoms with van der Waals surface area (Å²) in [6.45, 7) is 4.10. The number of nitrogens with two attached hydrogens (primary N) is 2. The largest absolute Gasteiger partial charge is 0.383 e. The van der Waals surface area contributed by atoms with Gasteiger partial charge < -0.3 is 5.73 Å². The van der Waals surface area contributed by atoms with Gasteiger partial charge in [0.05, 0.1) is 6.04 Å². The third kappa shape index (κ3) is 3.10. The number of pyridine rings is 1. The van der Waals surface area contributed by atoms with Crippen molar-refractivity contribution in [2.75, 3.05) is 5.73 Å². The van der Waals surface area contributed by atoms with Crippen LogP contribution in [0.2, 0.25) is 0 Å². The summed E-state index contributed by atoms with van der Waals surface area (Å²) in [5, 5.41) is 0. The van der Waals surface area contributed by atoms with Crippen LogP contribution in [0.5, 0.6) is 0 Å². The SMILES string of the molecule is Cc1cnc(N)c(C(Cc2ccccc2C)NN)c1. The smallest absolute Gasteiger partial charge is 0.128 e. The Bertz CT molecular complexity index is 566. The Hall–Kier alpha value is -1.91. The minimum absolute atomic E-state index is 0.0338. The fourth-order valence-electron chi connectivity index (χ4n) is 2.20. The van der Waals surface area contributed by atoms with Crippen LogP contribution in [0.25, 0.3) is 0 Å². The molecule has 0 aliphatic heterocycles. The van der Waals surface area contributed by atoms with Gasteiger partial charge in [0.25, 0.3) is 0 Å². The zero-order chi connectivity index (χ0) is 13.8. The van der Waals surface area contributed by atoms with Crippen LogP contribution in [0.4, 0.5) is 5.82 Å². The number of benzene rings is 1. The zero-order valence-electron chi connectivity index (χ0n) is 11.4. The van der Waals surface area contributed by atoms with Gasteiger partial charge in [0, 0.05) is 11.8 Å². The van der Waals surface area contributed by atoms with Gasteiger partial charge in [0.15, 0.2) is 0 Å². The summed E-state index contributed by atoms with van der Waals surface area (Å²) in [5.41, 5.74) is 13.3. The van der Waals surface area contributed by atoms with Crippen LogP contribution < -0.4 is 17.0 Å². The standard InChI is InChI=1S/C15H20N4/c1-10-7-13(15(16)18-9-10)14(19-17)8-12-6-4-3-5-11(12)2/h3-7,9,14,19H,8,17H2,1-2H3,(H2,16,18). The summed E-state index contributed by atoms with van der Waals surface area (Å²) in [6, 6.07) is 10.3. The first-order valence-corrected chi connectivity index (χ1v) is 6.34. The molecule has 1 aromatic heterocycles. The van der Waals surface area contributed by atoms with Crippen LogP contribution in [-0.2, 0) is 6.42 Å². The normalized spacial score (nSPS) is 12.4. The van der Waals surface area contributed by atoms with Crippen molar-refractivity contribution in [2.45, 2.75) is 26.3 Å². The fourth-order valence-corrected chi connectivity index (χ4v) is 2.20. The topological polar surface area (TPSA) is 77.0 Å². The highest BCUT2D eigenvalue weighted by atomic mass is 15.2. The molecule has 2 rings (SSSR count). The highest BCUT2D eigenvalue weighted by molar-refractivity contribution is 5.44. The molecule has 5 N–H and O–H groups in total. The number of hydrazine groups is 1. The second-order valence-electron chi connectivity index (χ2n) is 4.84. The summed E-state index contributed by atoms with van der Waals surface area (Å²) in [7, 11) is 0. The first kappa shape index (κ1) is 13.5. The minimum atomic E-state index is -0.0338. The van der Waals surface area contributed by atoms with Crippen LogP contribution in [-0.4, -0.2) is 4.98 Å².